The van der Waals surface area contributed by atoms with Crippen molar-refractivity contribution >= 4 is 0 Å². The summed E-state index contributed by atoms with van der Waals surface area (Å²) in [7, 11) is 0. The van der Waals surface area contributed by atoms with Crippen molar-refractivity contribution in [3.63, 3.8) is 0 Å². The zero-order valence-electron chi connectivity index (χ0n) is 12.8. The molecule has 6 nitrogen and oxygen atoms in total. The number of nitrogens with two attached hydrogens (primary N) is 1. The predicted octanol–water partition coefficient (Wildman–Crippen LogP) is 1.52. The predicted molar refractivity (Wildman–Crippen MR) is 78.7 cm³/mol. The van der Waals surface area contributed by atoms with Crippen LogP contribution in [0.2, 0.25) is 0 Å². The lowest BCUT2D eigenvalue weighted by Gasteiger charge is -2.30. The number of ether oxygens (including phenoxy) is 1. The van der Waals surface area contributed by atoms with Gasteiger partial charge in [-0.1, -0.05) is 24.9 Å². The van der Waals surface area contributed by atoms with E-state index >= 15 is 0 Å². The Bertz CT molecular complexity index is 451. The zero-order chi connectivity index (χ0) is 14.7. The van der Waals surface area contributed by atoms with E-state index in [0.717, 1.165) is 39.1 Å². The Hall–Kier alpha value is -0.980. The van der Waals surface area contributed by atoms with Gasteiger partial charge in [-0.3, -0.25) is 4.90 Å². The maximum absolute atomic E-state index is 6.19. The van der Waals surface area contributed by atoms with Crippen LogP contribution in [0.5, 0.6) is 0 Å². The van der Waals surface area contributed by atoms with Gasteiger partial charge < -0.3 is 15.0 Å². The molecule has 1 aliphatic carbocycles. The van der Waals surface area contributed by atoms with E-state index in [1.54, 1.807) is 0 Å². The Morgan fingerprint density at radius 2 is 2.19 bits per heavy atom. The molecule has 2 N–H and O–H groups in total. The van der Waals surface area contributed by atoms with Crippen LogP contribution < -0.4 is 5.73 Å². The van der Waals surface area contributed by atoms with E-state index in [-0.39, 0.29) is 12.1 Å². The highest BCUT2D eigenvalue weighted by Crippen LogP contribution is 2.26. The Balaban J connectivity index is 1.60. The molecule has 0 amide bonds. The van der Waals surface area contributed by atoms with Gasteiger partial charge in [-0.05, 0) is 25.3 Å². The van der Waals surface area contributed by atoms with Crippen LogP contribution >= 0.6 is 0 Å². The molecule has 2 heterocycles. The van der Waals surface area contributed by atoms with Gasteiger partial charge in [0.05, 0.1) is 6.61 Å². The number of aromatic nitrogens is 2. The van der Waals surface area contributed by atoms with Gasteiger partial charge in [0, 0.05) is 25.6 Å². The van der Waals surface area contributed by atoms with E-state index in [1.807, 2.05) is 0 Å². The summed E-state index contributed by atoms with van der Waals surface area (Å²) in [6.45, 7) is 5.75. The molecule has 2 aliphatic rings. The zero-order valence-corrected chi connectivity index (χ0v) is 12.8. The molecule has 0 aromatic carbocycles. The highest BCUT2D eigenvalue weighted by Gasteiger charge is 2.28. The lowest BCUT2D eigenvalue weighted by atomic mass is 9.83. The molecule has 1 saturated heterocycles. The number of hydrogen-bond donors (Lipinski definition) is 1. The first kappa shape index (κ1) is 14.9. The first-order valence-corrected chi connectivity index (χ1v) is 8.18. The van der Waals surface area contributed by atoms with Crippen LogP contribution in [0, 0.1) is 5.92 Å². The van der Waals surface area contributed by atoms with Gasteiger partial charge in [-0.25, -0.2) is 0 Å². The summed E-state index contributed by atoms with van der Waals surface area (Å²) in [6.07, 6.45) is 5.53. The number of hydrogen-bond acceptors (Lipinski definition) is 6. The number of nitrogens with zero attached hydrogens (tertiary/aromatic N) is 3. The minimum atomic E-state index is -0.0590. The van der Waals surface area contributed by atoms with Crippen molar-refractivity contribution in [2.45, 2.75) is 51.2 Å². The smallest absolute Gasteiger partial charge is 0.227 e. The largest absolute Gasteiger partial charge is 0.367 e. The van der Waals surface area contributed by atoms with Crippen LogP contribution in [-0.4, -0.2) is 47.3 Å². The topological polar surface area (TPSA) is 77.4 Å². The van der Waals surface area contributed by atoms with E-state index in [4.69, 9.17) is 15.0 Å². The standard InChI is InChI=1S/C15H26N4O2/c1-2-19-7-8-20-13(10-19)15-17-14(21-18-15)9-11-5-3-4-6-12(11)16/h11-13H,2-10,16H2,1H3. The summed E-state index contributed by atoms with van der Waals surface area (Å²) in [6, 6.07) is 0.274. The second-order valence-electron chi connectivity index (χ2n) is 6.21. The third-order valence-corrected chi connectivity index (χ3v) is 4.77. The quantitative estimate of drug-likeness (QED) is 0.907. The molecule has 118 valence electrons. The van der Waals surface area contributed by atoms with Crippen LogP contribution in [-0.2, 0) is 11.2 Å². The van der Waals surface area contributed by atoms with Gasteiger partial charge in [-0.15, -0.1) is 0 Å². The molecule has 3 atom stereocenters. The fourth-order valence-electron chi connectivity index (χ4n) is 3.34. The van der Waals surface area contributed by atoms with E-state index < -0.39 is 0 Å². The Kier molecular flexibility index (Phi) is 4.87. The number of morpholine rings is 1. The molecule has 1 aromatic rings. The number of likely N-dealkylation sites (N-methyl/N-ethyl adjacent to an activating group) is 1. The number of rotatable bonds is 4. The molecule has 1 aromatic heterocycles. The van der Waals surface area contributed by atoms with Gasteiger partial charge in [0.2, 0.25) is 11.7 Å². The van der Waals surface area contributed by atoms with Crippen LogP contribution in [0.1, 0.15) is 50.4 Å². The minimum absolute atomic E-state index is 0.0590. The molecule has 21 heavy (non-hydrogen) atoms. The highest BCUT2D eigenvalue weighted by molar-refractivity contribution is 4.96. The lowest BCUT2D eigenvalue weighted by molar-refractivity contribution is -0.0334. The third-order valence-electron chi connectivity index (χ3n) is 4.77. The van der Waals surface area contributed by atoms with Crippen molar-refractivity contribution in [3.8, 4) is 0 Å². The molecular weight excluding hydrogens is 268 g/mol. The van der Waals surface area contributed by atoms with Crippen molar-refractivity contribution in [1.82, 2.24) is 15.0 Å². The molecule has 3 rings (SSSR count). The molecule has 0 spiro atoms. The summed E-state index contributed by atoms with van der Waals surface area (Å²) < 4.78 is 11.2. The van der Waals surface area contributed by atoms with Crippen molar-refractivity contribution < 1.29 is 9.26 Å². The monoisotopic (exact) mass is 294 g/mol. The summed E-state index contributed by atoms with van der Waals surface area (Å²) in [5.74, 6) is 1.88. The molecule has 0 bridgehead atoms. The lowest BCUT2D eigenvalue weighted by Crippen LogP contribution is -2.38. The van der Waals surface area contributed by atoms with Crippen LogP contribution in [0.15, 0.2) is 4.52 Å². The first-order chi connectivity index (χ1) is 10.3. The Morgan fingerprint density at radius 3 is 3.00 bits per heavy atom. The van der Waals surface area contributed by atoms with E-state index in [1.165, 1.54) is 19.3 Å². The normalized spacial score (nSPS) is 31.4. The fraction of sp³-hybridized carbons (Fsp3) is 0.867. The average Bonchev–Trinajstić information content (AvgIpc) is 2.98. The second kappa shape index (κ2) is 6.85. The van der Waals surface area contributed by atoms with Gasteiger partial charge in [0.1, 0.15) is 6.10 Å². The van der Waals surface area contributed by atoms with Crippen molar-refractivity contribution in [2.24, 2.45) is 11.7 Å². The van der Waals surface area contributed by atoms with Gasteiger partial charge in [0.15, 0.2) is 0 Å². The molecular formula is C15H26N4O2. The highest BCUT2D eigenvalue weighted by atomic mass is 16.5. The second-order valence-corrected chi connectivity index (χ2v) is 6.21. The van der Waals surface area contributed by atoms with Crippen molar-refractivity contribution in [2.75, 3.05) is 26.2 Å². The minimum Gasteiger partial charge on any atom is -0.367 e. The van der Waals surface area contributed by atoms with Crippen LogP contribution in [0.3, 0.4) is 0 Å². The molecule has 1 saturated carbocycles. The summed E-state index contributed by atoms with van der Waals surface area (Å²) in [5, 5.41) is 4.12. The fourth-order valence-corrected chi connectivity index (χ4v) is 3.34. The third kappa shape index (κ3) is 3.62. The average molecular weight is 294 g/mol. The van der Waals surface area contributed by atoms with Gasteiger partial charge in [0.25, 0.3) is 0 Å². The SMILES string of the molecule is CCN1CCOC(c2noc(CC3CCCCC3N)n2)C1. The van der Waals surface area contributed by atoms with E-state index in [0.29, 0.717) is 17.6 Å². The van der Waals surface area contributed by atoms with E-state index in [9.17, 15) is 0 Å². The molecule has 1 aliphatic heterocycles. The first-order valence-electron chi connectivity index (χ1n) is 8.18. The summed E-state index contributed by atoms with van der Waals surface area (Å²) >= 11 is 0. The summed E-state index contributed by atoms with van der Waals surface area (Å²) in [5.41, 5.74) is 6.19. The molecule has 6 heteroatoms. The molecule has 0 radical (unpaired) electrons. The van der Waals surface area contributed by atoms with Crippen LogP contribution in [0.4, 0.5) is 0 Å². The maximum Gasteiger partial charge on any atom is 0.227 e. The maximum atomic E-state index is 6.19. The van der Waals surface area contributed by atoms with Crippen molar-refractivity contribution in [3.05, 3.63) is 11.7 Å². The van der Waals surface area contributed by atoms with Gasteiger partial charge in [-0.2, -0.15) is 4.98 Å². The van der Waals surface area contributed by atoms with Crippen molar-refractivity contribution in [1.29, 1.82) is 0 Å². The van der Waals surface area contributed by atoms with Gasteiger partial charge >= 0.3 is 0 Å². The summed E-state index contributed by atoms with van der Waals surface area (Å²) in [4.78, 5) is 6.89. The Labute approximate surface area is 126 Å². The van der Waals surface area contributed by atoms with E-state index in [2.05, 4.69) is 22.0 Å². The molecule has 2 fully saturated rings. The Morgan fingerprint density at radius 1 is 1.33 bits per heavy atom. The van der Waals surface area contributed by atoms with Crippen LogP contribution in [0.25, 0.3) is 0 Å². The molecule has 3 unspecified atom stereocenters.